The highest BCUT2D eigenvalue weighted by molar-refractivity contribution is 5.78. The summed E-state index contributed by atoms with van der Waals surface area (Å²) in [5.74, 6) is 0.690. The van der Waals surface area contributed by atoms with Gasteiger partial charge in [0.2, 0.25) is 5.91 Å². The predicted molar refractivity (Wildman–Crippen MR) is 68.9 cm³/mol. The molecule has 17 heavy (non-hydrogen) atoms. The van der Waals surface area contributed by atoms with Gasteiger partial charge in [0.1, 0.15) is 0 Å². The molecule has 0 aromatic rings. The van der Waals surface area contributed by atoms with Gasteiger partial charge in [0.15, 0.2) is 0 Å². The molecule has 0 bridgehead atoms. The first kappa shape index (κ1) is 14.5. The van der Waals surface area contributed by atoms with E-state index in [1.165, 1.54) is 12.8 Å². The number of carbonyl (C=O) groups is 1. The zero-order chi connectivity index (χ0) is 12.8. The zero-order valence-corrected chi connectivity index (χ0v) is 11.5. The molecule has 1 atom stereocenters. The van der Waals surface area contributed by atoms with Crippen molar-refractivity contribution in [2.45, 2.75) is 45.7 Å². The first-order valence-electron chi connectivity index (χ1n) is 6.61. The molecular weight excluding hydrogens is 216 g/mol. The molecule has 0 saturated heterocycles. The van der Waals surface area contributed by atoms with Crippen molar-refractivity contribution in [3.63, 3.8) is 0 Å². The van der Waals surface area contributed by atoms with E-state index in [-0.39, 0.29) is 11.9 Å². The molecule has 1 aliphatic carbocycles. The van der Waals surface area contributed by atoms with Gasteiger partial charge < -0.3 is 15.0 Å². The lowest BCUT2D eigenvalue weighted by Gasteiger charge is -2.25. The van der Waals surface area contributed by atoms with Crippen molar-refractivity contribution in [3.8, 4) is 0 Å². The smallest absolute Gasteiger partial charge is 0.236 e. The van der Waals surface area contributed by atoms with Gasteiger partial charge in [0, 0.05) is 25.7 Å². The summed E-state index contributed by atoms with van der Waals surface area (Å²) in [5.41, 5.74) is 0. The lowest BCUT2D eigenvalue weighted by molar-refractivity contribution is -0.130. The van der Waals surface area contributed by atoms with Crippen molar-refractivity contribution >= 4 is 5.91 Å². The first-order chi connectivity index (χ1) is 8.10. The second-order valence-corrected chi connectivity index (χ2v) is 5.10. The van der Waals surface area contributed by atoms with Gasteiger partial charge in [-0.25, -0.2) is 0 Å². The Kier molecular flexibility index (Phi) is 5.92. The summed E-state index contributed by atoms with van der Waals surface area (Å²) in [6.07, 6.45) is 2.34. The molecule has 0 aliphatic heterocycles. The molecule has 1 saturated carbocycles. The summed E-state index contributed by atoms with van der Waals surface area (Å²) in [4.78, 5) is 14.0. The van der Waals surface area contributed by atoms with E-state index in [9.17, 15) is 4.79 Å². The van der Waals surface area contributed by atoms with Gasteiger partial charge in [-0.3, -0.25) is 4.79 Å². The Morgan fingerprint density at radius 3 is 2.53 bits per heavy atom. The Labute approximate surface area is 105 Å². The van der Waals surface area contributed by atoms with Gasteiger partial charge >= 0.3 is 0 Å². The van der Waals surface area contributed by atoms with Crippen LogP contribution in [0.3, 0.4) is 0 Å². The highest BCUT2D eigenvalue weighted by Crippen LogP contribution is 2.26. The highest BCUT2D eigenvalue weighted by atomic mass is 16.5. The predicted octanol–water partition coefficient (Wildman–Crippen LogP) is 1.26. The Hall–Kier alpha value is -0.610. The van der Waals surface area contributed by atoms with Gasteiger partial charge in [-0.15, -0.1) is 0 Å². The maximum Gasteiger partial charge on any atom is 0.236 e. The number of amides is 1. The van der Waals surface area contributed by atoms with Crippen molar-refractivity contribution in [3.05, 3.63) is 0 Å². The van der Waals surface area contributed by atoms with Gasteiger partial charge in [-0.2, -0.15) is 0 Å². The molecule has 1 unspecified atom stereocenters. The van der Waals surface area contributed by atoms with E-state index in [4.69, 9.17) is 4.74 Å². The quantitative estimate of drug-likeness (QED) is 0.696. The summed E-state index contributed by atoms with van der Waals surface area (Å²) in [6.45, 7) is 8.23. The second-order valence-electron chi connectivity index (χ2n) is 5.10. The van der Waals surface area contributed by atoms with E-state index < -0.39 is 0 Å². The van der Waals surface area contributed by atoms with Crippen molar-refractivity contribution in [1.29, 1.82) is 0 Å². The van der Waals surface area contributed by atoms with Crippen molar-refractivity contribution < 1.29 is 9.53 Å². The van der Waals surface area contributed by atoms with Crippen LogP contribution in [0.2, 0.25) is 0 Å². The fourth-order valence-corrected chi connectivity index (χ4v) is 2.01. The van der Waals surface area contributed by atoms with E-state index in [1.54, 1.807) is 7.11 Å². The largest absolute Gasteiger partial charge is 0.383 e. The number of methoxy groups -OCH3 is 1. The number of nitrogens with one attached hydrogen (secondary N) is 1. The number of carbonyl (C=O) groups excluding carboxylic acids is 1. The average Bonchev–Trinajstić information content (AvgIpc) is 3.09. The molecule has 4 nitrogen and oxygen atoms in total. The van der Waals surface area contributed by atoms with E-state index in [2.05, 4.69) is 19.2 Å². The minimum Gasteiger partial charge on any atom is -0.383 e. The third kappa shape index (κ3) is 4.64. The zero-order valence-electron chi connectivity index (χ0n) is 11.5. The summed E-state index contributed by atoms with van der Waals surface area (Å²) in [6, 6.07) is 0.760. The van der Waals surface area contributed by atoms with Crippen LogP contribution < -0.4 is 5.32 Å². The number of hydrogen-bond donors (Lipinski definition) is 1. The van der Waals surface area contributed by atoms with Crippen LogP contribution in [0.4, 0.5) is 0 Å². The fraction of sp³-hybridized carbons (Fsp3) is 0.923. The van der Waals surface area contributed by atoms with Crippen molar-refractivity contribution in [2.75, 3.05) is 26.8 Å². The summed E-state index contributed by atoms with van der Waals surface area (Å²) in [5, 5.41) is 3.30. The van der Waals surface area contributed by atoms with Crippen LogP contribution in [0.25, 0.3) is 0 Å². The van der Waals surface area contributed by atoms with Crippen LogP contribution in [-0.2, 0) is 9.53 Å². The molecule has 0 aromatic heterocycles. The van der Waals surface area contributed by atoms with E-state index in [1.807, 2.05) is 11.8 Å². The average molecular weight is 242 g/mol. The minimum atomic E-state index is 0.219. The SMILES string of the molecule is CCN(C(=O)CNC(COC)C(C)C)C1CC1. The van der Waals surface area contributed by atoms with Crippen LogP contribution in [0.5, 0.6) is 0 Å². The van der Waals surface area contributed by atoms with Crippen molar-refractivity contribution in [1.82, 2.24) is 10.2 Å². The Morgan fingerprint density at radius 2 is 2.12 bits per heavy atom. The molecule has 1 amide bonds. The maximum absolute atomic E-state index is 12.0. The molecule has 100 valence electrons. The number of hydrogen-bond acceptors (Lipinski definition) is 3. The molecule has 1 fully saturated rings. The molecular formula is C13H26N2O2. The fourth-order valence-electron chi connectivity index (χ4n) is 2.01. The first-order valence-corrected chi connectivity index (χ1v) is 6.61. The maximum atomic E-state index is 12.0. The van der Waals surface area contributed by atoms with Gasteiger partial charge in [0.25, 0.3) is 0 Å². The molecule has 1 rings (SSSR count). The number of ether oxygens (including phenoxy) is 1. The van der Waals surface area contributed by atoms with Crippen LogP contribution in [-0.4, -0.2) is 49.7 Å². The molecule has 1 N–H and O–H groups in total. The van der Waals surface area contributed by atoms with E-state index in [0.29, 0.717) is 25.1 Å². The van der Waals surface area contributed by atoms with Crippen LogP contribution in [0.15, 0.2) is 0 Å². The highest BCUT2D eigenvalue weighted by Gasteiger charge is 2.31. The van der Waals surface area contributed by atoms with Crippen LogP contribution in [0.1, 0.15) is 33.6 Å². The molecule has 0 radical (unpaired) electrons. The molecule has 4 heteroatoms. The number of nitrogens with zero attached hydrogens (tertiary/aromatic N) is 1. The lowest BCUT2D eigenvalue weighted by Crippen LogP contribution is -2.45. The van der Waals surface area contributed by atoms with Gasteiger partial charge in [-0.1, -0.05) is 13.8 Å². The summed E-state index contributed by atoms with van der Waals surface area (Å²) < 4.78 is 5.16. The Balaban J connectivity index is 2.33. The number of rotatable bonds is 8. The molecule has 1 aliphatic rings. The standard InChI is InChI=1S/C13H26N2O2/c1-5-15(11-6-7-11)13(16)8-14-12(9-17-4)10(2)3/h10-12,14H,5-9H2,1-4H3. The molecule has 0 heterocycles. The third-order valence-corrected chi connectivity index (χ3v) is 3.32. The summed E-state index contributed by atoms with van der Waals surface area (Å²) >= 11 is 0. The topological polar surface area (TPSA) is 41.6 Å². The van der Waals surface area contributed by atoms with Gasteiger partial charge in [0.05, 0.1) is 13.2 Å². The molecule has 0 spiro atoms. The van der Waals surface area contributed by atoms with Crippen LogP contribution >= 0.6 is 0 Å². The third-order valence-electron chi connectivity index (χ3n) is 3.32. The summed E-state index contributed by atoms with van der Waals surface area (Å²) in [7, 11) is 1.70. The minimum absolute atomic E-state index is 0.219. The normalized spacial score (nSPS) is 17.2. The Morgan fingerprint density at radius 1 is 1.47 bits per heavy atom. The second kappa shape index (κ2) is 6.97. The van der Waals surface area contributed by atoms with Crippen molar-refractivity contribution in [2.24, 2.45) is 5.92 Å². The number of likely N-dealkylation sites (N-methyl/N-ethyl adjacent to an activating group) is 1. The van der Waals surface area contributed by atoms with Crippen LogP contribution in [0, 0.1) is 5.92 Å². The lowest BCUT2D eigenvalue weighted by atomic mass is 10.1. The van der Waals surface area contributed by atoms with Gasteiger partial charge in [-0.05, 0) is 25.7 Å². The monoisotopic (exact) mass is 242 g/mol. The Bertz CT molecular complexity index is 240. The van der Waals surface area contributed by atoms with E-state index >= 15 is 0 Å². The molecule has 0 aromatic carbocycles. The van der Waals surface area contributed by atoms with E-state index in [0.717, 1.165) is 6.54 Å².